The number of hydrogen-bond acceptors (Lipinski definition) is 4. The van der Waals surface area contributed by atoms with Crippen molar-refractivity contribution in [2.75, 3.05) is 13.2 Å². The maximum absolute atomic E-state index is 10.3. The molecule has 132 valence electrons. The predicted octanol–water partition coefficient (Wildman–Crippen LogP) is 2.81. The van der Waals surface area contributed by atoms with Crippen LogP contribution in [-0.2, 0) is 9.59 Å². The number of carboxylic acid groups (broad SMARTS) is 2. The van der Waals surface area contributed by atoms with E-state index in [0.717, 1.165) is 38.5 Å². The Labute approximate surface area is 133 Å². The first-order valence-electron chi connectivity index (χ1n) is 8.20. The molecule has 0 fully saturated rings. The molecule has 0 spiro atoms. The van der Waals surface area contributed by atoms with E-state index in [0.29, 0.717) is 12.8 Å². The molecule has 6 heteroatoms. The standard InChI is InChI=1S/C14H26O4.C2H6O2/c15-13(16)11-9-7-5-3-1-2-4-6-8-10-12-14(17)18;3-1-2-4/h1-12H2,(H,15,16)(H,17,18);3-4H,1-2H2. The van der Waals surface area contributed by atoms with Gasteiger partial charge in [0.05, 0.1) is 13.2 Å². The van der Waals surface area contributed by atoms with Crippen LogP contribution in [-0.4, -0.2) is 45.6 Å². The average Bonchev–Trinajstić information content (AvgIpc) is 2.48. The number of carboxylic acids is 2. The first-order valence-corrected chi connectivity index (χ1v) is 8.20. The van der Waals surface area contributed by atoms with Crippen molar-refractivity contribution in [2.45, 2.75) is 77.0 Å². The maximum Gasteiger partial charge on any atom is 0.303 e. The Hall–Kier alpha value is -1.14. The normalized spacial score (nSPS) is 9.91. The van der Waals surface area contributed by atoms with E-state index >= 15 is 0 Å². The van der Waals surface area contributed by atoms with E-state index < -0.39 is 11.9 Å². The first-order chi connectivity index (χ1) is 10.5. The van der Waals surface area contributed by atoms with E-state index in [1.165, 1.54) is 25.7 Å². The molecule has 0 atom stereocenters. The zero-order valence-electron chi connectivity index (χ0n) is 13.5. The van der Waals surface area contributed by atoms with Crippen molar-refractivity contribution in [3.63, 3.8) is 0 Å². The molecule has 0 saturated heterocycles. The fourth-order valence-electron chi connectivity index (χ4n) is 1.97. The van der Waals surface area contributed by atoms with Crippen molar-refractivity contribution in [1.29, 1.82) is 0 Å². The van der Waals surface area contributed by atoms with Crippen LogP contribution in [0, 0.1) is 0 Å². The van der Waals surface area contributed by atoms with Crippen molar-refractivity contribution in [3.8, 4) is 0 Å². The molecule has 0 rings (SSSR count). The largest absolute Gasteiger partial charge is 0.481 e. The molecule has 0 aromatic carbocycles. The van der Waals surface area contributed by atoms with Gasteiger partial charge in [-0.05, 0) is 12.8 Å². The second-order valence-corrected chi connectivity index (χ2v) is 5.27. The van der Waals surface area contributed by atoms with E-state index in [9.17, 15) is 9.59 Å². The van der Waals surface area contributed by atoms with Crippen molar-refractivity contribution in [1.82, 2.24) is 0 Å². The Kier molecular flexibility index (Phi) is 20.9. The van der Waals surface area contributed by atoms with Gasteiger partial charge in [-0.25, -0.2) is 0 Å². The van der Waals surface area contributed by atoms with Crippen LogP contribution >= 0.6 is 0 Å². The molecular weight excluding hydrogens is 288 g/mol. The molecule has 0 aromatic heterocycles. The van der Waals surface area contributed by atoms with E-state index in [-0.39, 0.29) is 13.2 Å². The number of hydrogen-bond donors (Lipinski definition) is 4. The summed E-state index contributed by atoms with van der Waals surface area (Å²) in [4.78, 5) is 20.5. The van der Waals surface area contributed by atoms with Gasteiger partial charge >= 0.3 is 11.9 Å². The molecule has 0 aliphatic heterocycles. The second kappa shape index (κ2) is 19.9. The third-order valence-electron chi connectivity index (χ3n) is 3.13. The van der Waals surface area contributed by atoms with Crippen LogP contribution in [0.25, 0.3) is 0 Å². The summed E-state index contributed by atoms with van der Waals surface area (Å²) < 4.78 is 0. The Morgan fingerprint density at radius 1 is 0.500 bits per heavy atom. The fourth-order valence-corrected chi connectivity index (χ4v) is 1.97. The van der Waals surface area contributed by atoms with E-state index in [2.05, 4.69) is 0 Å². The Balaban J connectivity index is 0. The summed E-state index contributed by atoms with van der Waals surface area (Å²) in [5.74, 6) is -1.40. The smallest absolute Gasteiger partial charge is 0.303 e. The molecule has 0 radical (unpaired) electrons. The highest BCUT2D eigenvalue weighted by molar-refractivity contribution is 5.66. The van der Waals surface area contributed by atoms with Gasteiger partial charge in [0.1, 0.15) is 0 Å². The topological polar surface area (TPSA) is 115 Å². The summed E-state index contributed by atoms with van der Waals surface area (Å²) in [6, 6.07) is 0. The van der Waals surface area contributed by atoms with Gasteiger partial charge in [0.2, 0.25) is 0 Å². The third kappa shape index (κ3) is 27.2. The van der Waals surface area contributed by atoms with Gasteiger partial charge in [0, 0.05) is 12.8 Å². The Bertz CT molecular complexity index is 229. The third-order valence-corrected chi connectivity index (χ3v) is 3.13. The van der Waals surface area contributed by atoms with Crippen molar-refractivity contribution in [2.24, 2.45) is 0 Å². The lowest BCUT2D eigenvalue weighted by Gasteiger charge is -2.01. The molecule has 0 heterocycles. The molecule has 0 aromatic rings. The van der Waals surface area contributed by atoms with Crippen molar-refractivity contribution < 1.29 is 30.0 Å². The highest BCUT2D eigenvalue weighted by Crippen LogP contribution is 2.11. The zero-order valence-corrected chi connectivity index (χ0v) is 13.5. The fraction of sp³-hybridized carbons (Fsp3) is 0.875. The minimum atomic E-state index is -0.698. The van der Waals surface area contributed by atoms with Gasteiger partial charge in [0.15, 0.2) is 0 Å². The molecule has 0 unspecified atom stereocenters. The van der Waals surface area contributed by atoms with Crippen LogP contribution in [0.15, 0.2) is 0 Å². The lowest BCUT2D eigenvalue weighted by molar-refractivity contribution is -0.138. The monoisotopic (exact) mass is 320 g/mol. The van der Waals surface area contributed by atoms with Crippen molar-refractivity contribution >= 4 is 11.9 Å². The van der Waals surface area contributed by atoms with E-state index in [4.69, 9.17) is 20.4 Å². The van der Waals surface area contributed by atoms with Gasteiger partial charge in [-0.15, -0.1) is 0 Å². The van der Waals surface area contributed by atoms with Crippen LogP contribution in [0.5, 0.6) is 0 Å². The number of aliphatic carboxylic acids is 2. The lowest BCUT2D eigenvalue weighted by Crippen LogP contribution is -1.93. The van der Waals surface area contributed by atoms with Crippen LogP contribution in [0.1, 0.15) is 77.0 Å². The van der Waals surface area contributed by atoms with Gasteiger partial charge in [0.25, 0.3) is 0 Å². The molecule has 0 bridgehead atoms. The molecule has 0 aliphatic carbocycles. The van der Waals surface area contributed by atoms with Gasteiger partial charge in [-0.3, -0.25) is 9.59 Å². The minimum absolute atomic E-state index is 0.125. The highest BCUT2D eigenvalue weighted by Gasteiger charge is 1.98. The highest BCUT2D eigenvalue weighted by atomic mass is 16.4. The Morgan fingerprint density at radius 2 is 0.727 bits per heavy atom. The van der Waals surface area contributed by atoms with Crippen LogP contribution in [0.2, 0.25) is 0 Å². The predicted molar refractivity (Wildman–Crippen MR) is 84.8 cm³/mol. The first kappa shape index (κ1) is 23.1. The molecule has 22 heavy (non-hydrogen) atoms. The summed E-state index contributed by atoms with van der Waals surface area (Å²) in [6.45, 7) is -0.250. The van der Waals surface area contributed by atoms with Crippen LogP contribution in [0.3, 0.4) is 0 Å². The number of aliphatic hydroxyl groups excluding tert-OH is 2. The molecule has 6 nitrogen and oxygen atoms in total. The van der Waals surface area contributed by atoms with Crippen molar-refractivity contribution in [3.05, 3.63) is 0 Å². The van der Waals surface area contributed by atoms with Gasteiger partial charge in [-0.2, -0.15) is 0 Å². The van der Waals surface area contributed by atoms with Gasteiger partial charge in [-0.1, -0.05) is 51.4 Å². The quantitative estimate of drug-likeness (QED) is 0.366. The number of carbonyl (C=O) groups is 2. The average molecular weight is 320 g/mol. The molecular formula is C16H32O6. The Morgan fingerprint density at radius 3 is 0.909 bits per heavy atom. The molecule has 4 N–H and O–H groups in total. The summed E-state index contributed by atoms with van der Waals surface area (Å²) >= 11 is 0. The van der Waals surface area contributed by atoms with Gasteiger partial charge < -0.3 is 20.4 Å². The summed E-state index contributed by atoms with van der Waals surface area (Å²) in [6.07, 6.45) is 11.3. The second-order valence-electron chi connectivity index (χ2n) is 5.27. The molecule has 0 aliphatic rings. The number of aliphatic hydroxyl groups is 2. The summed E-state index contributed by atoms with van der Waals surface area (Å²) in [5.41, 5.74) is 0. The minimum Gasteiger partial charge on any atom is -0.481 e. The summed E-state index contributed by atoms with van der Waals surface area (Å²) in [7, 11) is 0. The number of rotatable bonds is 14. The van der Waals surface area contributed by atoms with E-state index in [1.54, 1.807) is 0 Å². The van der Waals surface area contributed by atoms with E-state index in [1.807, 2.05) is 0 Å². The SMILES string of the molecule is O=C(O)CCCCCCCCCCCCC(=O)O.OCCO. The lowest BCUT2D eigenvalue weighted by atomic mass is 10.1. The van der Waals surface area contributed by atoms with Crippen LogP contribution < -0.4 is 0 Å². The molecule has 0 saturated carbocycles. The summed E-state index contributed by atoms with van der Waals surface area (Å²) in [5, 5.41) is 32.2. The number of unbranched alkanes of at least 4 members (excludes halogenated alkanes) is 9. The maximum atomic E-state index is 10.3. The zero-order chi connectivity index (χ0) is 17.1. The van der Waals surface area contributed by atoms with Crippen LogP contribution in [0.4, 0.5) is 0 Å². The molecule has 0 amide bonds.